The third kappa shape index (κ3) is 3.35. The number of pyridine rings is 1. The number of hydrogen-bond donors (Lipinski definition) is 2. The molecule has 0 amide bonds. The number of nitrogens with zero attached hydrogens (tertiary/aromatic N) is 1. The van der Waals surface area contributed by atoms with Gasteiger partial charge in [-0.2, -0.15) is 0 Å². The Labute approximate surface area is 119 Å². The Hall–Kier alpha value is -2.36. The summed E-state index contributed by atoms with van der Waals surface area (Å²) in [7, 11) is 0. The average molecular weight is 269 g/mol. The quantitative estimate of drug-likeness (QED) is 0.647. The van der Waals surface area contributed by atoms with Crippen LogP contribution >= 0.6 is 0 Å². The molecule has 0 radical (unpaired) electrons. The molecular formula is C16H19N3O. The van der Waals surface area contributed by atoms with Crippen molar-refractivity contribution in [1.29, 1.82) is 5.41 Å². The van der Waals surface area contributed by atoms with E-state index in [9.17, 15) is 0 Å². The first kappa shape index (κ1) is 14.1. The molecule has 4 heteroatoms. The van der Waals surface area contributed by atoms with Crippen molar-refractivity contribution in [1.82, 2.24) is 4.98 Å². The molecule has 2 aromatic rings. The van der Waals surface area contributed by atoms with Gasteiger partial charge < -0.3 is 10.5 Å². The fraction of sp³-hybridized carbons (Fsp3) is 0.250. The smallest absolute Gasteiger partial charge is 0.125 e. The lowest BCUT2D eigenvalue weighted by Crippen LogP contribution is -2.12. The van der Waals surface area contributed by atoms with Crippen LogP contribution in [0.3, 0.4) is 0 Å². The molecule has 2 rings (SSSR count). The van der Waals surface area contributed by atoms with E-state index >= 15 is 0 Å². The zero-order valence-electron chi connectivity index (χ0n) is 11.8. The molecule has 1 aromatic heterocycles. The summed E-state index contributed by atoms with van der Waals surface area (Å²) >= 11 is 0. The van der Waals surface area contributed by atoms with Crippen molar-refractivity contribution < 1.29 is 4.74 Å². The van der Waals surface area contributed by atoms with Crippen molar-refractivity contribution in [3.8, 4) is 5.75 Å². The number of rotatable bonds is 5. The topological polar surface area (TPSA) is 72.0 Å². The summed E-state index contributed by atoms with van der Waals surface area (Å²) in [6, 6.07) is 7.73. The Morgan fingerprint density at radius 3 is 2.55 bits per heavy atom. The van der Waals surface area contributed by atoms with Gasteiger partial charge in [0.05, 0.1) is 6.61 Å². The van der Waals surface area contributed by atoms with Gasteiger partial charge in [-0.1, -0.05) is 6.07 Å². The molecule has 0 saturated carbocycles. The Morgan fingerprint density at radius 2 is 2.00 bits per heavy atom. The van der Waals surface area contributed by atoms with Crippen molar-refractivity contribution >= 4 is 5.84 Å². The molecule has 20 heavy (non-hydrogen) atoms. The predicted molar refractivity (Wildman–Crippen MR) is 80.4 cm³/mol. The van der Waals surface area contributed by atoms with Crippen LogP contribution < -0.4 is 10.5 Å². The normalized spacial score (nSPS) is 10.3. The number of aryl methyl sites for hydroxylation is 2. The van der Waals surface area contributed by atoms with Crippen LogP contribution in [0.15, 0.2) is 36.7 Å². The van der Waals surface area contributed by atoms with Crippen LogP contribution in [0, 0.1) is 19.3 Å². The highest BCUT2D eigenvalue weighted by Gasteiger charge is 2.08. The summed E-state index contributed by atoms with van der Waals surface area (Å²) < 4.78 is 5.87. The number of nitrogens with one attached hydrogen (secondary N) is 1. The number of nitrogen functional groups attached to an aromatic ring is 1. The highest BCUT2D eigenvalue weighted by Crippen LogP contribution is 2.24. The highest BCUT2D eigenvalue weighted by atomic mass is 16.5. The first-order valence-corrected chi connectivity index (χ1v) is 6.55. The van der Waals surface area contributed by atoms with Crippen LogP contribution in [0.1, 0.15) is 22.3 Å². The molecule has 0 saturated heterocycles. The van der Waals surface area contributed by atoms with E-state index in [0.29, 0.717) is 6.61 Å². The Balaban J connectivity index is 2.05. The molecule has 0 unspecified atom stereocenters. The Kier molecular flexibility index (Phi) is 4.35. The number of amidine groups is 1. The third-order valence-electron chi connectivity index (χ3n) is 3.13. The van der Waals surface area contributed by atoms with Crippen LogP contribution in [-0.2, 0) is 6.42 Å². The van der Waals surface area contributed by atoms with Crippen molar-refractivity contribution in [2.24, 2.45) is 5.73 Å². The van der Waals surface area contributed by atoms with E-state index < -0.39 is 0 Å². The summed E-state index contributed by atoms with van der Waals surface area (Å²) in [5.74, 6) is 0.956. The van der Waals surface area contributed by atoms with Crippen molar-refractivity contribution in [2.75, 3.05) is 6.61 Å². The van der Waals surface area contributed by atoms with Gasteiger partial charge in [-0.25, -0.2) is 0 Å². The summed E-state index contributed by atoms with van der Waals surface area (Å²) in [4.78, 5) is 4.08. The minimum atomic E-state index is 0.0816. The van der Waals surface area contributed by atoms with Gasteiger partial charge in [0, 0.05) is 24.4 Å². The SMILES string of the molecule is Cc1cc(C(=N)N)cc(C)c1OCCc1cccnc1. The number of benzene rings is 1. The van der Waals surface area contributed by atoms with Crippen LogP contribution in [0.5, 0.6) is 5.75 Å². The summed E-state index contributed by atoms with van der Waals surface area (Å²) in [6.07, 6.45) is 4.43. The van der Waals surface area contributed by atoms with Crippen molar-refractivity contribution in [2.45, 2.75) is 20.3 Å². The maximum Gasteiger partial charge on any atom is 0.125 e. The number of aromatic nitrogens is 1. The van der Waals surface area contributed by atoms with Gasteiger partial charge in [0.15, 0.2) is 0 Å². The fourth-order valence-electron chi connectivity index (χ4n) is 2.15. The Bertz CT molecular complexity index is 585. The van der Waals surface area contributed by atoms with Crippen LogP contribution in [-0.4, -0.2) is 17.4 Å². The molecule has 0 aliphatic heterocycles. The molecule has 0 atom stereocenters. The van der Waals surface area contributed by atoms with Gasteiger partial charge >= 0.3 is 0 Å². The Morgan fingerprint density at radius 1 is 1.30 bits per heavy atom. The minimum absolute atomic E-state index is 0.0816. The van der Waals surface area contributed by atoms with Crippen LogP contribution in [0.2, 0.25) is 0 Å². The van der Waals surface area contributed by atoms with E-state index in [1.165, 1.54) is 0 Å². The van der Waals surface area contributed by atoms with Crippen molar-refractivity contribution in [3.63, 3.8) is 0 Å². The van der Waals surface area contributed by atoms with Gasteiger partial charge in [0.1, 0.15) is 11.6 Å². The molecule has 3 N–H and O–H groups in total. The fourth-order valence-corrected chi connectivity index (χ4v) is 2.15. The number of hydrogen-bond acceptors (Lipinski definition) is 3. The molecule has 0 bridgehead atoms. The lowest BCUT2D eigenvalue weighted by molar-refractivity contribution is 0.317. The van der Waals surface area contributed by atoms with Gasteiger partial charge in [0.2, 0.25) is 0 Å². The first-order chi connectivity index (χ1) is 9.58. The van der Waals surface area contributed by atoms with E-state index in [2.05, 4.69) is 4.98 Å². The number of ether oxygens (including phenoxy) is 1. The monoisotopic (exact) mass is 269 g/mol. The summed E-state index contributed by atoms with van der Waals surface area (Å²) in [6.45, 7) is 4.55. The van der Waals surface area contributed by atoms with E-state index in [-0.39, 0.29) is 5.84 Å². The van der Waals surface area contributed by atoms with Gasteiger partial charge in [-0.3, -0.25) is 10.4 Å². The molecule has 0 aliphatic rings. The zero-order valence-corrected chi connectivity index (χ0v) is 11.8. The van der Waals surface area contributed by atoms with E-state index in [1.54, 1.807) is 6.20 Å². The maximum absolute atomic E-state index is 7.48. The third-order valence-corrected chi connectivity index (χ3v) is 3.13. The van der Waals surface area contributed by atoms with Gasteiger partial charge in [0.25, 0.3) is 0 Å². The molecule has 0 aliphatic carbocycles. The predicted octanol–water partition coefficient (Wildman–Crippen LogP) is 2.60. The molecular weight excluding hydrogens is 250 g/mol. The molecule has 0 spiro atoms. The average Bonchev–Trinajstić information content (AvgIpc) is 2.42. The maximum atomic E-state index is 7.48. The van der Waals surface area contributed by atoms with Crippen LogP contribution in [0.25, 0.3) is 0 Å². The van der Waals surface area contributed by atoms with E-state index in [4.69, 9.17) is 15.9 Å². The molecule has 1 aromatic carbocycles. The second kappa shape index (κ2) is 6.19. The standard InChI is InChI=1S/C16H19N3O/c1-11-8-14(16(17)18)9-12(2)15(11)20-7-5-13-4-3-6-19-10-13/h3-4,6,8-10H,5,7H2,1-2H3,(H3,17,18). The minimum Gasteiger partial charge on any atom is -0.493 e. The molecule has 0 fully saturated rings. The molecule has 1 heterocycles. The van der Waals surface area contributed by atoms with Gasteiger partial charge in [-0.15, -0.1) is 0 Å². The van der Waals surface area contributed by atoms with Crippen LogP contribution in [0.4, 0.5) is 0 Å². The number of nitrogens with two attached hydrogens (primary N) is 1. The zero-order chi connectivity index (χ0) is 14.5. The van der Waals surface area contributed by atoms with Crippen molar-refractivity contribution in [3.05, 3.63) is 58.9 Å². The largest absolute Gasteiger partial charge is 0.493 e. The molecule has 104 valence electrons. The van der Waals surface area contributed by atoms with E-state index in [0.717, 1.165) is 34.4 Å². The second-order valence-electron chi connectivity index (χ2n) is 4.81. The summed E-state index contributed by atoms with van der Waals surface area (Å²) in [5.41, 5.74) is 9.41. The highest BCUT2D eigenvalue weighted by molar-refractivity contribution is 5.95. The second-order valence-corrected chi connectivity index (χ2v) is 4.81. The lowest BCUT2D eigenvalue weighted by atomic mass is 10.1. The summed E-state index contributed by atoms with van der Waals surface area (Å²) in [5, 5.41) is 7.48. The first-order valence-electron chi connectivity index (χ1n) is 6.55. The lowest BCUT2D eigenvalue weighted by Gasteiger charge is -2.13. The van der Waals surface area contributed by atoms with Gasteiger partial charge in [-0.05, 0) is 48.7 Å². The van der Waals surface area contributed by atoms with E-state index in [1.807, 2.05) is 44.3 Å². The molecule has 4 nitrogen and oxygen atoms in total.